The SMILES string of the molecule is COc1cc2c(Oc3ccc(NC(=O)C4(C(=O)Nc5ccc(F)cc5)CC4)cc3F)ccnc2cc1OCCCCCNC(=O)CSC(=O)CN. The Hall–Kier alpha value is -5.28. The molecular formula is C36H37F2N5O7S. The van der Waals surface area contributed by atoms with E-state index in [-0.39, 0.29) is 34.8 Å². The molecule has 3 aromatic carbocycles. The van der Waals surface area contributed by atoms with Gasteiger partial charge in [-0.3, -0.25) is 24.2 Å². The van der Waals surface area contributed by atoms with Crippen molar-refractivity contribution >= 4 is 56.9 Å². The third kappa shape index (κ3) is 9.70. The fourth-order valence-corrected chi connectivity index (χ4v) is 5.57. The Kier molecular flexibility index (Phi) is 12.4. The van der Waals surface area contributed by atoms with E-state index < -0.39 is 28.9 Å². The van der Waals surface area contributed by atoms with Crippen LogP contribution in [0.2, 0.25) is 0 Å². The summed E-state index contributed by atoms with van der Waals surface area (Å²) in [6.07, 6.45) is 4.41. The molecule has 268 valence electrons. The van der Waals surface area contributed by atoms with Crippen LogP contribution in [-0.4, -0.2) is 60.4 Å². The summed E-state index contributed by atoms with van der Waals surface area (Å²) in [4.78, 5) is 53.3. The number of anilines is 2. The van der Waals surface area contributed by atoms with Crippen molar-refractivity contribution in [2.45, 2.75) is 32.1 Å². The standard InChI is InChI=1S/C36H37F2N5O7S/c1-48-30-18-25-27(19-31(30)49-16-4-2-3-14-41-32(44)21-51-33(45)20-39)40-15-11-28(25)50-29-10-9-24(17-26(29)38)43-35(47)36(12-13-36)34(46)42-23-7-5-22(37)6-8-23/h5-11,15,17-19H,2-4,12-14,16,20-21,39H2,1H3,(H,41,44)(H,42,46)(H,43,47). The molecule has 1 saturated carbocycles. The molecule has 0 spiro atoms. The summed E-state index contributed by atoms with van der Waals surface area (Å²) in [5.41, 5.74) is 4.97. The van der Waals surface area contributed by atoms with E-state index in [1.165, 1.54) is 49.7 Å². The van der Waals surface area contributed by atoms with Crippen molar-refractivity contribution in [2.24, 2.45) is 11.1 Å². The molecule has 0 atom stereocenters. The summed E-state index contributed by atoms with van der Waals surface area (Å²) in [7, 11) is 1.50. The Labute approximate surface area is 296 Å². The number of ether oxygens (including phenoxy) is 3. The second-order valence-corrected chi connectivity index (χ2v) is 12.7. The van der Waals surface area contributed by atoms with Gasteiger partial charge < -0.3 is 35.9 Å². The first-order valence-electron chi connectivity index (χ1n) is 16.2. The van der Waals surface area contributed by atoms with E-state index in [1.54, 1.807) is 18.2 Å². The highest BCUT2D eigenvalue weighted by atomic mass is 32.2. The fourth-order valence-electron chi connectivity index (χ4n) is 5.06. The van der Waals surface area contributed by atoms with Gasteiger partial charge in [0.2, 0.25) is 22.8 Å². The second-order valence-electron chi connectivity index (χ2n) is 11.7. The van der Waals surface area contributed by atoms with E-state index in [1.807, 2.05) is 0 Å². The van der Waals surface area contributed by atoms with Crippen molar-refractivity contribution in [3.05, 3.63) is 78.5 Å². The van der Waals surface area contributed by atoms with Crippen LogP contribution >= 0.6 is 11.8 Å². The van der Waals surface area contributed by atoms with Crippen molar-refractivity contribution in [3.8, 4) is 23.0 Å². The number of carbonyl (C=O) groups is 4. The van der Waals surface area contributed by atoms with Crippen molar-refractivity contribution in [1.82, 2.24) is 10.3 Å². The van der Waals surface area contributed by atoms with Gasteiger partial charge in [-0.15, -0.1) is 0 Å². The average molecular weight is 722 g/mol. The highest BCUT2D eigenvalue weighted by molar-refractivity contribution is 8.14. The number of hydrogen-bond donors (Lipinski definition) is 4. The summed E-state index contributed by atoms with van der Waals surface area (Å²) < 4.78 is 45.9. The van der Waals surface area contributed by atoms with E-state index in [0.717, 1.165) is 30.7 Å². The quantitative estimate of drug-likeness (QED) is 0.0800. The number of aromatic nitrogens is 1. The summed E-state index contributed by atoms with van der Waals surface area (Å²) in [5.74, 6) is -1.35. The lowest BCUT2D eigenvalue weighted by Gasteiger charge is -2.16. The first kappa shape index (κ1) is 37.0. The van der Waals surface area contributed by atoms with Gasteiger partial charge in [-0.05, 0) is 80.6 Å². The fraction of sp³-hybridized carbons (Fsp3) is 0.306. The third-order valence-electron chi connectivity index (χ3n) is 8.05. The minimum Gasteiger partial charge on any atom is -0.493 e. The van der Waals surface area contributed by atoms with E-state index in [9.17, 15) is 23.6 Å². The van der Waals surface area contributed by atoms with Crippen LogP contribution in [-0.2, 0) is 19.2 Å². The lowest BCUT2D eigenvalue weighted by atomic mass is 10.0. The first-order valence-corrected chi connectivity index (χ1v) is 17.2. The molecule has 15 heteroatoms. The molecule has 12 nitrogen and oxygen atoms in total. The zero-order valence-corrected chi connectivity index (χ0v) is 28.6. The maximum absolute atomic E-state index is 15.3. The predicted octanol–water partition coefficient (Wildman–Crippen LogP) is 5.56. The summed E-state index contributed by atoms with van der Waals surface area (Å²) in [6, 6.07) is 14.1. The van der Waals surface area contributed by atoms with Crippen LogP contribution in [0.5, 0.6) is 23.0 Å². The lowest BCUT2D eigenvalue weighted by Crippen LogP contribution is -2.35. The van der Waals surface area contributed by atoms with Gasteiger partial charge in [0.15, 0.2) is 23.1 Å². The third-order valence-corrected chi connectivity index (χ3v) is 8.94. The molecule has 0 radical (unpaired) electrons. The zero-order valence-electron chi connectivity index (χ0n) is 27.8. The maximum Gasteiger partial charge on any atom is 0.240 e. The van der Waals surface area contributed by atoms with Crippen molar-refractivity contribution in [3.63, 3.8) is 0 Å². The Bertz CT molecular complexity index is 1910. The summed E-state index contributed by atoms with van der Waals surface area (Å²) >= 11 is 0.898. The van der Waals surface area contributed by atoms with Gasteiger partial charge in [0.1, 0.15) is 17.0 Å². The molecule has 1 heterocycles. The van der Waals surface area contributed by atoms with Gasteiger partial charge in [0, 0.05) is 41.6 Å². The van der Waals surface area contributed by atoms with Crippen LogP contribution in [0.4, 0.5) is 20.2 Å². The van der Waals surface area contributed by atoms with Crippen molar-refractivity contribution < 1.29 is 42.2 Å². The van der Waals surface area contributed by atoms with E-state index in [2.05, 4.69) is 20.9 Å². The number of pyridine rings is 1. The second kappa shape index (κ2) is 17.1. The molecule has 0 aliphatic heterocycles. The number of thioether (sulfide) groups is 1. The minimum absolute atomic E-state index is 0.0498. The Morgan fingerprint density at radius 1 is 0.863 bits per heavy atom. The lowest BCUT2D eigenvalue weighted by molar-refractivity contribution is -0.131. The number of carbonyl (C=O) groups excluding carboxylic acids is 4. The first-order chi connectivity index (χ1) is 24.6. The van der Waals surface area contributed by atoms with E-state index in [0.29, 0.717) is 66.3 Å². The van der Waals surface area contributed by atoms with Gasteiger partial charge in [0.25, 0.3) is 0 Å². The normalized spacial score (nSPS) is 12.9. The van der Waals surface area contributed by atoms with Gasteiger partial charge >= 0.3 is 0 Å². The number of unbranched alkanes of at least 4 members (excludes halogenated alkanes) is 2. The number of amides is 3. The molecule has 5 rings (SSSR count). The minimum atomic E-state index is -1.30. The molecule has 1 aromatic heterocycles. The largest absolute Gasteiger partial charge is 0.493 e. The van der Waals surface area contributed by atoms with Crippen LogP contribution in [0.25, 0.3) is 10.9 Å². The smallest absolute Gasteiger partial charge is 0.240 e. The zero-order chi connectivity index (χ0) is 36.4. The monoisotopic (exact) mass is 721 g/mol. The molecule has 1 fully saturated rings. The number of rotatable bonds is 17. The summed E-state index contributed by atoms with van der Waals surface area (Å²) in [5, 5.41) is 8.34. The number of nitrogens with zero attached hydrogens (tertiary/aromatic N) is 1. The molecule has 4 aromatic rings. The Balaban J connectivity index is 1.15. The molecule has 5 N–H and O–H groups in total. The molecular weight excluding hydrogens is 684 g/mol. The van der Waals surface area contributed by atoms with Crippen LogP contribution in [0, 0.1) is 17.0 Å². The van der Waals surface area contributed by atoms with Crippen LogP contribution in [0.1, 0.15) is 32.1 Å². The molecule has 1 aliphatic rings. The Morgan fingerprint density at radius 2 is 1.59 bits per heavy atom. The maximum atomic E-state index is 15.3. The number of fused-ring (bicyclic) bond motifs is 1. The van der Waals surface area contributed by atoms with Gasteiger partial charge in [0.05, 0.1) is 31.5 Å². The van der Waals surface area contributed by atoms with Crippen LogP contribution in [0.3, 0.4) is 0 Å². The summed E-state index contributed by atoms with van der Waals surface area (Å²) in [6.45, 7) is 0.777. The molecule has 51 heavy (non-hydrogen) atoms. The number of benzene rings is 3. The van der Waals surface area contributed by atoms with Crippen molar-refractivity contribution in [2.75, 3.05) is 43.2 Å². The average Bonchev–Trinajstić information content (AvgIpc) is 3.95. The molecule has 0 saturated heterocycles. The highest BCUT2D eigenvalue weighted by Crippen LogP contribution is 2.47. The van der Waals surface area contributed by atoms with Crippen LogP contribution < -0.4 is 35.9 Å². The number of halogens is 2. The predicted molar refractivity (Wildman–Crippen MR) is 189 cm³/mol. The van der Waals surface area contributed by atoms with Gasteiger partial charge in [-0.25, -0.2) is 8.78 Å². The molecule has 0 unspecified atom stereocenters. The highest BCUT2D eigenvalue weighted by Gasteiger charge is 2.56. The molecule has 3 amide bonds. The molecule has 1 aliphatic carbocycles. The van der Waals surface area contributed by atoms with E-state index >= 15 is 4.39 Å². The number of nitrogens with one attached hydrogen (secondary N) is 3. The van der Waals surface area contributed by atoms with Gasteiger partial charge in [-0.2, -0.15) is 0 Å². The topological polar surface area (TPSA) is 171 Å². The van der Waals surface area contributed by atoms with Crippen molar-refractivity contribution in [1.29, 1.82) is 0 Å². The van der Waals surface area contributed by atoms with E-state index in [4.69, 9.17) is 19.9 Å². The number of hydrogen-bond acceptors (Lipinski definition) is 10. The van der Waals surface area contributed by atoms with Gasteiger partial charge in [-0.1, -0.05) is 11.8 Å². The number of nitrogens with two attached hydrogens (primary N) is 1. The van der Waals surface area contributed by atoms with Crippen LogP contribution in [0.15, 0.2) is 66.9 Å². The molecule has 0 bridgehead atoms. The number of methoxy groups -OCH3 is 1. The Morgan fingerprint density at radius 3 is 2.27 bits per heavy atom.